The van der Waals surface area contributed by atoms with Crippen LogP contribution in [0.25, 0.3) is 0 Å². The number of halogens is 3. The van der Waals surface area contributed by atoms with Gasteiger partial charge in [-0.2, -0.15) is 13.2 Å². The van der Waals surface area contributed by atoms with Crippen LogP contribution in [0.15, 0.2) is 35.3 Å². The zero-order valence-corrected chi connectivity index (χ0v) is 18.6. The predicted octanol–water partition coefficient (Wildman–Crippen LogP) is 2.71. The van der Waals surface area contributed by atoms with Crippen molar-refractivity contribution in [2.75, 3.05) is 19.6 Å². The number of likely N-dealkylation sites (tertiary alicyclic amines) is 1. The number of hydrogen-bond donors (Lipinski definition) is 3. The van der Waals surface area contributed by atoms with Crippen molar-refractivity contribution in [3.8, 4) is 0 Å². The van der Waals surface area contributed by atoms with Gasteiger partial charge in [0, 0.05) is 35.8 Å². The van der Waals surface area contributed by atoms with Crippen LogP contribution in [0, 0.1) is 0 Å². The molecule has 0 atom stereocenters. The molecule has 2 aliphatic rings. The summed E-state index contributed by atoms with van der Waals surface area (Å²) < 4.78 is 38.4. The maximum Gasteiger partial charge on any atom is 0.416 e. The van der Waals surface area contributed by atoms with Gasteiger partial charge in [-0.15, -0.1) is 0 Å². The van der Waals surface area contributed by atoms with Crippen molar-refractivity contribution >= 4 is 23.2 Å². The van der Waals surface area contributed by atoms with Gasteiger partial charge in [-0.1, -0.05) is 17.4 Å². The highest BCUT2D eigenvalue weighted by atomic mass is 32.1. The minimum Gasteiger partial charge on any atom is -0.349 e. The minimum atomic E-state index is -4.54. The predicted molar refractivity (Wildman–Crippen MR) is 117 cm³/mol. The van der Waals surface area contributed by atoms with Gasteiger partial charge in [0.1, 0.15) is 0 Å². The number of thiazole rings is 1. The highest BCUT2D eigenvalue weighted by Gasteiger charge is 2.36. The van der Waals surface area contributed by atoms with Crippen molar-refractivity contribution in [2.24, 2.45) is 0 Å². The highest BCUT2D eigenvalue weighted by Crippen LogP contribution is 2.36. The van der Waals surface area contributed by atoms with E-state index in [0.717, 1.165) is 61.8 Å². The zero-order valence-electron chi connectivity index (χ0n) is 17.8. The maximum atomic E-state index is 12.8. The van der Waals surface area contributed by atoms with Crippen LogP contribution in [0.5, 0.6) is 0 Å². The monoisotopic (exact) mass is 482 g/mol. The first kappa shape index (κ1) is 23.5. The first-order chi connectivity index (χ1) is 15.7. The number of carbonyl (C=O) groups excluding carboxylic acids is 2. The number of nitrogens with zero attached hydrogens (tertiary/aromatic N) is 1. The normalized spacial score (nSPS) is 21.9. The standard InChI is InChI=1S/C22H25F3N4O3S/c23-22(24,25)15-3-1-2-14(8-15)20(31)26-10-19(30)28-16-11-29(12-16)17-6-4-13(5-7-17)18-9-27-21(32)33-18/h1-3,8-9,13,16-17H,4-7,10-12H2,(H,26,31)(H,27,32)(H,28,30). The van der Waals surface area contributed by atoms with Gasteiger partial charge in [-0.25, -0.2) is 0 Å². The summed E-state index contributed by atoms with van der Waals surface area (Å²) in [7, 11) is 0. The Labute approximate surface area is 192 Å². The van der Waals surface area contributed by atoms with Gasteiger partial charge in [-0.05, 0) is 49.8 Å². The Balaban J connectivity index is 1.16. The lowest BCUT2D eigenvalue weighted by atomic mass is 9.83. The van der Waals surface area contributed by atoms with Gasteiger partial charge in [0.05, 0.1) is 18.2 Å². The number of aromatic nitrogens is 1. The molecule has 0 radical (unpaired) electrons. The van der Waals surface area contributed by atoms with Crippen molar-refractivity contribution in [1.82, 2.24) is 20.5 Å². The van der Waals surface area contributed by atoms with Crippen molar-refractivity contribution in [2.45, 2.75) is 49.9 Å². The van der Waals surface area contributed by atoms with E-state index in [1.165, 1.54) is 17.4 Å². The Morgan fingerprint density at radius 1 is 1.15 bits per heavy atom. The topological polar surface area (TPSA) is 94.3 Å². The minimum absolute atomic E-state index is 0.00407. The summed E-state index contributed by atoms with van der Waals surface area (Å²) >= 11 is 1.29. The van der Waals surface area contributed by atoms with E-state index in [9.17, 15) is 27.6 Å². The molecule has 3 N–H and O–H groups in total. The van der Waals surface area contributed by atoms with E-state index in [-0.39, 0.29) is 28.9 Å². The Hall–Kier alpha value is -2.66. The Kier molecular flexibility index (Phi) is 6.89. The molecule has 33 heavy (non-hydrogen) atoms. The molecule has 0 spiro atoms. The Bertz CT molecular complexity index is 1050. The van der Waals surface area contributed by atoms with Gasteiger partial charge in [0.2, 0.25) is 5.91 Å². The lowest BCUT2D eigenvalue weighted by molar-refractivity contribution is -0.137. The summed E-state index contributed by atoms with van der Waals surface area (Å²) in [5, 5.41) is 5.22. The van der Waals surface area contributed by atoms with E-state index in [2.05, 4.69) is 20.5 Å². The number of hydrogen-bond acceptors (Lipinski definition) is 5. The number of H-pyrrole nitrogens is 1. The van der Waals surface area contributed by atoms with E-state index >= 15 is 0 Å². The average Bonchev–Trinajstić information content (AvgIpc) is 3.20. The van der Waals surface area contributed by atoms with Crippen LogP contribution in [-0.4, -0.2) is 53.4 Å². The molecule has 0 unspecified atom stereocenters. The molecule has 2 heterocycles. The number of carbonyl (C=O) groups is 2. The zero-order chi connectivity index (χ0) is 23.6. The first-order valence-corrected chi connectivity index (χ1v) is 11.7. The Morgan fingerprint density at radius 3 is 2.52 bits per heavy atom. The number of nitrogens with one attached hydrogen (secondary N) is 3. The van der Waals surface area contributed by atoms with E-state index in [4.69, 9.17) is 0 Å². The SMILES string of the molecule is O=C(CNC(=O)c1cccc(C(F)(F)F)c1)NC1CN(C2CCC(c3c[nH]c(=O)s3)CC2)C1. The number of rotatable bonds is 6. The van der Waals surface area contributed by atoms with Gasteiger partial charge >= 0.3 is 11.0 Å². The first-order valence-electron chi connectivity index (χ1n) is 10.9. The second-order valence-corrected chi connectivity index (χ2v) is 9.61. The fraction of sp³-hybridized carbons (Fsp3) is 0.500. The highest BCUT2D eigenvalue weighted by molar-refractivity contribution is 7.09. The second kappa shape index (κ2) is 9.68. The van der Waals surface area contributed by atoms with Crippen molar-refractivity contribution in [1.29, 1.82) is 0 Å². The summed E-state index contributed by atoms with van der Waals surface area (Å²) in [5.74, 6) is -0.663. The van der Waals surface area contributed by atoms with E-state index in [1.807, 2.05) is 6.20 Å². The summed E-state index contributed by atoms with van der Waals surface area (Å²) in [5.41, 5.74) is -1.05. The third kappa shape index (κ3) is 5.83. The summed E-state index contributed by atoms with van der Waals surface area (Å²) in [6, 6.07) is 4.55. The van der Waals surface area contributed by atoms with Gasteiger partial charge < -0.3 is 15.6 Å². The third-order valence-electron chi connectivity index (χ3n) is 6.29. The fourth-order valence-electron chi connectivity index (χ4n) is 4.50. The molecule has 1 aromatic carbocycles. The number of alkyl halides is 3. The van der Waals surface area contributed by atoms with Gasteiger partial charge in [0.25, 0.3) is 5.91 Å². The van der Waals surface area contributed by atoms with Gasteiger partial charge in [-0.3, -0.25) is 19.3 Å². The van der Waals surface area contributed by atoms with Gasteiger partial charge in [0.15, 0.2) is 0 Å². The average molecular weight is 483 g/mol. The fourth-order valence-corrected chi connectivity index (χ4v) is 5.36. The summed E-state index contributed by atoms with van der Waals surface area (Å²) in [4.78, 5) is 41.8. The Morgan fingerprint density at radius 2 is 1.88 bits per heavy atom. The quantitative estimate of drug-likeness (QED) is 0.590. The molecular formula is C22H25F3N4O3S. The van der Waals surface area contributed by atoms with Crippen LogP contribution in [0.1, 0.15) is 52.4 Å². The molecule has 2 aromatic rings. The molecule has 1 saturated heterocycles. The molecule has 2 fully saturated rings. The van der Waals surface area contributed by atoms with E-state index < -0.39 is 17.6 Å². The van der Waals surface area contributed by atoms with Crippen LogP contribution < -0.4 is 15.5 Å². The maximum absolute atomic E-state index is 12.8. The molecule has 178 valence electrons. The lowest BCUT2D eigenvalue weighted by Gasteiger charge is -2.46. The van der Waals surface area contributed by atoms with E-state index in [0.29, 0.717) is 12.0 Å². The molecule has 0 bridgehead atoms. The third-order valence-corrected chi connectivity index (χ3v) is 7.28. The smallest absolute Gasteiger partial charge is 0.349 e. The van der Waals surface area contributed by atoms with Crippen molar-refractivity contribution in [3.63, 3.8) is 0 Å². The molecule has 1 aliphatic heterocycles. The summed E-state index contributed by atoms with van der Waals surface area (Å²) in [6.45, 7) is 1.18. The van der Waals surface area contributed by atoms with Crippen LogP contribution in [0.3, 0.4) is 0 Å². The lowest BCUT2D eigenvalue weighted by Crippen LogP contribution is -2.63. The van der Waals surface area contributed by atoms with Crippen LogP contribution in [0.2, 0.25) is 0 Å². The summed E-state index contributed by atoms with van der Waals surface area (Å²) in [6.07, 6.45) is 1.45. The largest absolute Gasteiger partial charge is 0.416 e. The molecule has 11 heteroatoms. The number of benzene rings is 1. The molecule has 2 amide bonds. The second-order valence-electron chi connectivity index (χ2n) is 8.57. The molecule has 1 saturated carbocycles. The molecule has 1 aliphatic carbocycles. The van der Waals surface area contributed by atoms with Crippen LogP contribution >= 0.6 is 11.3 Å². The van der Waals surface area contributed by atoms with Crippen LogP contribution in [-0.2, 0) is 11.0 Å². The number of aromatic amines is 1. The molecule has 7 nitrogen and oxygen atoms in total. The van der Waals surface area contributed by atoms with Crippen LogP contribution in [0.4, 0.5) is 13.2 Å². The number of amides is 2. The molecule has 1 aromatic heterocycles. The van der Waals surface area contributed by atoms with Crippen molar-refractivity contribution < 1.29 is 22.8 Å². The molecule has 4 rings (SSSR count). The van der Waals surface area contributed by atoms with Crippen molar-refractivity contribution in [3.05, 3.63) is 56.1 Å². The van der Waals surface area contributed by atoms with E-state index in [1.54, 1.807) is 0 Å². The molecular weight excluding hydrogens is 457 g/mol.